The Hall–Kier alpha value is -4.14. The van der Waals surface area contributed by atoms with E-state index in [1.54, 1.807) is 13.0 Å². The Morgan fingerprint density at radius 3 is 2.55 bits per heavy atom. The van der Waals surface area contributed by atoms with E-state index in [4.69, 9.17) is 4.74 Å². The summed E-state index contributed by atoms with van der Waals surface area (Å²) < 4.78 is 6.54. The van der Waals surface area contributed by atoms with E-state index in [-0.39, 0.29) is 36.6 Å². The van der Waals surface area contributed by atoms with Crippen molar-refractivity contribution in [1.82, 2.24) is 14.6 Å². The van der Waals surface area contributed by atoms with Gasteiger partial charge in [0.05, 0.1) is 25.4 Å². The van der Waals surface area contributed by atoms with Gasteiger partial charge in [-0.2, -0.15) is 5.10 Å². The van der Waals surface area contributed by atoms with Crippen LogP contribution in [0.1, 0.15) is 42.5 Å². The minimum absolute atomic E-state index is 0.0656. The van der Waals surface area contributed by atoms with Gasteiger partial charge in [0.1, 0.15) is 11.3 Å². The molecule has 0 spiro atoms. The number of hydrogen-bond donors (Lipinski definition) is 2. The van der Waals surface area contributed by atoms with Crippen molar-refractivity contribution in [2.24, 2.45) is 5.10 Å². The molecule has 1 amide bonds. The molecule has 2 heterocycles. The maximum Gasteiger partial charge on any atom is 0.331 e. The average Bonchev–Trinajstić information content (AvgIpc) is 3.26. The van der Waals surface area contributed by atoms with Gasteiger partial charge in [0.15, 0.2) is 0 Å². The first-order valence-corrected chi connectivity index (χ1v) is 10.6. The third-order valence-electron chi connectivity index (χ3n) is 5.61. The number of para-hydroxylation sites is 1. The van der Waals surface area contributed by atoms with E-state index in [0.717, 1.165) is 15.7 Å². The second-order valence-corrected chi connectivity index (χ2v) is 7.63. The van der Waals surface area contributed by atoms with Gasteiger partial charge in [0.2, 0.25) is 11.8 Å². The van der Waals surface area contributed by atoms with Crippen molar-refractivity contribution in [2.75, 3.05) is 7.11 Å². The zero-order valence-corrected chi connectivity index (χ0v) is 18.3. The fourth-order valence-corrected chi connectivity index (χ4v) is 3.97. The second kappa shape index (κ2) is 9.15. The van der Waals surface area contributed by atoms with E-state index in [9.17, 15) is 19.5 Å². The number of rotatable bonds is 6. The molecule has 0 fully saturated rings. The van der Waals surface area contributed by atoms with Crippen LogP contribution >= 0.6 is 0 Å². The number of aromatic hydroxyl groups is 1. The molecule has 1 aliphatic heterocycles. The molecule has 2 aromatic carbocycles. The Kier molecular flexibility index (Phi) is 6.12. The maximum atomic E-state index is 12.7. The smallest absolute Gasteiger partial charge is 0.331 e. The van der Waals surface area contributed by atoms with E-state index in [2.05, 4.69) is 10.1 Å². The van der Waals surface area contributed by atoms with Crippen LogP contribution in [0.4, 0.5) is 0 Å². The molecule has 0 saturated carbocycles. The molecule has 9 nitrogen and oxygen atoms in total. The van der Waals surface area contributed by atoms with Crippen LogP contribution in [-0.2, 0) is 11.3 Å². The molecule has 9 heteroatoms. The Labute approximate surface area is 189 Å². The number of amides is 1. The first-order valence-electron chi connectivity index (χ1n) is 10.6. The van der Waals surface area contributed by atoms with Crippen LogP contribution in [0.25, 0.3) is 0 Å². The molecule has 1 atom stereocenters. The second-order valence-electron chi connectivity index (χ2n) is 7.63. The minimum Gasteiger partial charge on any atom is -0.496 e. The Morgan fingerprint density at radius 2 is 1.85 bits per heavy atom. The number of aromatic nitrogens is 2. The molecule has 3 aromatic rings. The lowest BCUT2D eigenvalue weighted by atomic mass is 9.98. The third kappa shape index (κ3) is 4.17. The SMILES string of the molecule is CCC(=O)N1N=C(c2c(O)n(Cc3ccccc3)c(=O)[nH]c2=O)CC1c1ccccc1OC. The lowest BCUT2D eigenvalue weighted by Gasteiger charge is -2.23. The number of hydrazone groups is 1. The molecule has 33 heavy (non-hydrogen) atoms. The van der Waals surface area contributed by atoms with Gasteiger partial charge >= 0.3 is 5.69 Å². The van der Waals surface area contributed by atoms with Crippen LogP contribution in [0.5, 0.6) is 11.6 Å². The number of carbonyl (C=O) groups is 1. The fraction of sp³-hybridized carbons (Fsp3) is 0.250. The molecule has 1 aliphatic rings. The van der Waals surface area contributed by atoms with E-state index >= 15 is 0 Å². The van der Waals surface area contributed by atoms with Crippen molar-refractivity contribution < 1.29 is 14.6 Å². The molecule has 4 rings (SSSR count). The zero-order valence-electron chi connectivity index (χ0n) is 18.3. The first-order chi connectivity index (χ1) is 15.9. The predicted octanol–water partition coefficient (Wildman–Crippen LogP) is 2.39. The topological polar surface area (TPSA) is 117 Å². The van der Waals surface area contributed by atoms with Gasteiger partial charge < -0.3 is 9.84 Å². The number of H-pyrrole nitrogens is 1. The first kappa shape index (κ1) is 22.1. The van der Waals surface area contributed by atoms with Gasteiger partial charge in [-0.25, -0.2) is 9.80 Å². The normalized spacial score (nSPS) is 15.4. The van der Waals surface area contributed by atoms with Gasteiger partial charge in [-0.15, -0.1) is 0 Å². The van der Waals surface area contributed by atoms with Crippen molar-refractivity contribution in [3.05, 3.63) is 92.1 Å². The fourth-order valence-electron chi connectivity index (χ4n) is 3.97. The number of nitrogens with one attached hydrogen (secondary N) is 1. The molecule has 1 unspecified atom stereocenters. The van der Waals surface area contributed by atoms with Crippen LogP contribution in [0.15, 0.2) is 69.3 Å². The van der Waals surface area contributed by atoms with Crippen LogP contribution in [0.3, 0.4) is 0 Å². The van der Waals surface area contributed by atoms with Gasteiger partial charge in [-0.1, -0.05) is 55.5 Å². The van der Waals surface area contributed by atoms with E-state index in [1.165, 1.54) is 12.1 Å². The lowest BCUT2D eigenvalue weighted by Crippen LogP contribution is -2.34. The number of benzene rings is 2. The monoisotopic (exact) mass is 448 g/mol. The lowest BCUT2D eigenvalue weighted by molar-refractivity contribution is -0.132. The number of nitrogens with zero attached hydrogens (tertiary/aromatic N) is 3. The molecule has 0 radical (unpaired) electrons. The van der Waals surface area contributed by atoms with Gasteiger partial charge in [-0.3, -0.25) is 19.1 Å². The van der Waals surface area contributed by atoms with E-state index in [1.807, 2.05) is 48.5 Å². The molecule has 170 valence electrons. The average molecular weight is 448 g/mol. The summed E-state index contributed by atoms with van der Waals surface area (Å²) in [5.41, 5.74) is 0.103. The molecule has 1 aromatic heterocycles. The van der Waals surface area contributed by atoms with E-state index < -0.39 is 23.2 Å². The summed E-state index contributed by atoms with van der Waals surface area (Å²) in [5.74, 6) is -0.148. The molecule has 2 N–H and O–H groups in total. The molecule has 0 bridgehead atoms. The highest BCUT2D eigenvalue weighted by atomic mass is 16.5. The van der Waals surface area contributed by atoms with Crippen molar-refractivity contribution in [2.45, 2.75) is 32.4 Å². The van der Waals surface area contributed by atoms with Gasteiger partial charge in [0.25, 0.3) is 5.56 Å². The summed E-state index contributed by atoms with van der Waals surface area (Å²) in [5, 5.41) is 16.7. The summed E-state index contributed by atoms with van der Waals surface area (Å²) >= 11 is 0. The molecular formula is C24H24N4O5. The van der Waals surface area contributed by atoms with Crippen LogP contribution in [-0.4, -0.2) is 38.4 Å². The maximum absolute atomic E-state index is 12.7. The van der Waals surface area contributed by atoms with Crippen molar-refractivity contribution in [3.8, 4) is 11.6 Å². The van der Waals surface area contributed by atoms with Crippen LogP contribution in [0, 0.1) is 0 Å². The number of methoxy groups -OCH3 is 1. The number of ether oxygens (including phenoxy) is 1. The quantitative estimate of drug-likeness (QED) is 0.601. The highest BCUT2D eigenvalue weighted by molar-refractivity contribution is 6.04. The highest BCUT2D eigenvalue weighted by Gasteiger charge is 2.36. The summed E-state index contributed by atoms with van der Waals surface area (Å²) in [6.07, 6.45) is 0.380. The van der Waals surface area contributed by atoms with E-state index in [0.29, 0.717) is 5.75 Å². The Morgan fingerprint density at radius 1 is 1.15 bits per heavy atom. The van der Waals surface area contributed by atoms with Crippen LogP contribution in [0.2, 0.25) is 0 Å². The summed E-state index contributed by atoms with van der Waals surface area (Å²) in [6, 6.07) is 15.8. The number of carbonyl (C=O) groups excluding carboxylic acids is 1. The third-order valence-corrected chi connectivity index (χ3v) is 5.61. The molecule has 0 saturated heterocycles. The van der Waals surface area contributed by atoms with Crippen molar-refractivity contribution >= 4 is 11.6 Å². The zero-order chi connectivity index (χ0) is 23.5. The molecule has 0 aliphatic carbocycles. The summed E-state index contributed by atoms with van der Waals surface area (Å²) in [4.78, 5) is 40.1. The van der Waals surface area contributed by atoms with Crippen molar-refractivity contribution in [1.29, 1.82) is 0 Å². The predicted molar refractivity (Wildman–Crippen MR) is 123 cm³/mol. The number of aromatic amines is 1. The summed E-state index contributed by atoms with van der Waals surface area (Å²) in [6.45, 7) is 1.79. The van der Waals surface area contributed by atoms with Crippen LogP contribution < -0.4 is 16.0 Å². The number of hydrogen-bond acceptors (Lipinski definition) is 6. The minimum atomic E-state index is -0.759. The summed E-state index contributed by atoms with van der Waals surface area (Å²) in [7, 11) is 1.54. The standard InChI is InChI=1S/C24H24N4O5/c1-3-20(29)28-18(16-11-7-8-12-19(16)33-2)13-17(26-28)21-22(30)25-24(32)27(23(21)31)14-15-9-5-4-6-10-15/h4-12,18,31H,3,13-14H2,1-2H3,(H,25,30,32). The molecular weight excluding hydrogens is 424 g/mol. The Bertz CT molecular complexity index is 1330. The van der Waals surface area contributed by atoms with Crippen molar-refractivity contribution in [3.63, 3.8) is 0 Å². The Balaban J connectivity index is 1.80. The highest BCUT2D eigenvalue weighted by Crippen LogP contribution is 2.38. The largest absolute Gasteiger partial charge is 0.496 e. The van der Waals surface area contributed by atoms with Gasteiger partial charge in [0, 0.05) is 18.4 Å². The van der Waals surface area contributed by atoms with Gasteiger partial charge in [-0.05, 0) is 11.6 Å².